The average Bonchev–Trinajstić information content (AvgIpc) is 3.15. The van der Waals surface area contributed by atoms with E-state index in [2.05, 4.69) is 36.7 Å². The van der Waals surface area contributed by atoms with Crippen molar-refractivity contribution < 1.29 is 19.4 Å². The second kappa shape index (κ2) is 9.85. The summed E-state index contributed by atoms with van der Waals surface area (Å²) in [6, 6.07) is 0. The van der Waals surface area contributed by atoms with Crippen molar-refractivity contribution in [1.82, 2.24) is 0 Å². The number of aliphatic hydroxyl groups is 1. The van der Waals surface area contributed by atoms with Crippen LogP contribution in [0.4, 0.5) is 0 Å². The van der Waals surface area contributed by atoms with E-state index in [-0.39, 0.29) is 17.5 Å². The minimum atomic E-state index is -0.222. The van der Waals surface area contributed by atoms with Crippen molar-refractivity contribution in [3.63, 3.8) is 0 Å². The van der Waals surface area contributed by atoms with E-state index < -0.39 is 0 Å². The number of ether oxygens (including phenoxy) is 2. The highest BCUT2D eigenvalue weighted by Gasteiger charge is 2.63. The summed E-state index contributed by atoms with van der Waals surface area (Å²) in [5.74, 6) is 3.62. The number of methoxy groups -OCH3 is 1. The lowest BCUT2D eigenvalue weighted by Gasteiger charge is -2.62. The molecule has 0 spiro atoms. The van der Waals surface area contributed by atoms with E-state index in [1.807, 2.05) is 0 Å². The lowest BCUT2D eigenvalue weighted by atomic mass is 9.43. The van der Waals surface area contributed by atoms with Gasteiger partial charge >= 0.3 is 5.97 Å². The third kappa shape index (κ3) is 4.21. The molecule has 0 radical (unpaired) electrons. The summed E-state index contributed by atoms with van der Waals surface area (Å²) in [6.07, 6.45) is 11.3. The van der Waals surface area contributed by atoms with Crippen LogP contribution in [0.25, 0.3) is 0 Å². The van der Waals surface area contributed by atoms with Crippen LogP contribution in [0.2, 0.25) is 0 Å². The number of esters is 1. The maximum Gasteiger partial charge on any atom is 0.305 e. The fourth-order valence-electron chi connectivity index (χ4n) is 9.15. The summed E-state index contributed by atoms with van der Waals surface area (Å²) in [6.45, 7) is 8.06. The molecule has 4 fully saturated rings. The number of carbonyl (C=O) groups is 1. The van der Waals surface area contributed by atoms with Gasteiger partial charge in [0.05, 0.1) is 25.9 Å². The molecule has 5 heteroatoms. The smallest absolute Gasteiger partial charge is 0.305 e. The molecule has 32 heavy (non-hydrogen) atoms. The minimum absolute atomic E-state index is 0.00388. The van der Waals surface area contributed by atoms with Gasteiger partial charge in [0, 0.05) is 11.8 Å². The van der Waals surface area contributed by atoms with Crippen LogP contribution in [0, 0.1) is 46.3 Å². The van der Waals surface area contributed by atoms with E-state index in [1.165, 1.54) is 52.1 Å². The Morgan fingerprint density at radius 1 is 1.12 bits per heavy atom. The summed E-state index contributed by atoms with van der Waals surface area (Å²) in [5, 5.41) is 12.6. The molecule has 0 aromatic heterocycles. The van der Waals surface area contributed by atoms with Crippen molar-refractivity contribution in [3.05, 3.63) is 0 Å². The molecule has 4 rings (SSSR count). The molecule has 4 nitrogen and oxygen atoms in total. The molecule has 4 aliphatic carbocycles. The van der Waals surface area contributed by atoms with Gasteiger partial charge in [-0.25, -0.2) is 0 Å². The Kier molecular flexibility index (Phi) is 7.69. The second-order valence-corrected chi connectivity index (χ2v) is 12.8. The van der Waals surface area contributed by atoms with Crippen LogP contribution in [0.15, 0.2) is 0 Å². The summed E-state index contributed by atoms with van der Waals surface area (Å²) >= 11 is 3.50. The molecule has 0 amide bonds. The molecular weight excluding hydrogens is 468 g/mol. The first-order valence-electron chi connectivity index (χ1n) is 13.2. The molecule has 0 saturated heterocycles. The Balaban J connectivity index is 1.48. The van der Waals surface area contributed by atoms with Gasteiger partial charge < -0.3 is 14.6 Å². The normalized spacial score (nSPS) is 46.6. The second-order valence-electron chi connectivity index (χ2n) is 12.0. The van der Waals surface area contributed by atoms with Crippen LogP contribution in [0.5, 0.6) is 0 Å². The number of rotatable bonds is 7. The molecule has 184 valence electrons. The molecule has 0 heterocycles. The van der Waals surface area contributed by atoms with Crippen molar-refractivity contribution in [2.24, 2.45) is 46.3 Å². The Bertz CT molecular complexity index is 670. The van der Waals surface area contributed by atoms with E-state index in [9.17, 15) is 9.90 Å². The van der Waals surface area contributed by atoms with Crippen molar-refractivity contribution >= 4 is 21.9 Å². The van der Waals surface area contributed by atoms with Gasteiger partial charge in [0.1, 0.15) is 0 Å². The van der Waals surface area contributed by atoms with E-state index in [0.29, 0.717) is 41.6 Å². The van der Waals surface area contributed by atoms with E-state index in [1.54, 1.807) is 0 Å². The SMILES string of the molecule is COC(=O)CC[C@@H](C)[C@H]1CC[C@H]2[C@@H]3CC[C@@H]4C[C@@H](OCCBr)CC[C@]4(C)[C@H]3C[C@H](O)[C@]12C. The lowest BCUT2D eigenvalue weighted by molar-refractivity contribution is -0.177. The number of hydrogen-bond donors (Lipinski definition) is 1. The first-order chi connectivity index (χ1) is 15.3. The van der Waals surface area contributed by atoms with Gasteiger partial charge in [0.15, 0.2) is 0 Å². The molecule has 0 bridgehead atoms. The monoisotopic (exact) mass is 512 g/mol. The maximum atomic E-state index is 11.7. The van der Waals surface area contributed by atoms with Gasteiger partial charge in [-0.2, -0.15) is 0 Å². The van der Waals surface area contributed by atoms with Crippen LogP contribution in [-0.2, 0) is 14.3 Å². The highest BCUT2D eigenvalue weighted by atomic mass is 79.9. The lowest BCUT2D eigenvalue weighted by Crippen LogP contribution is -2.59. The van der Waals surface area contributed by atoms with E-state index in [0.717, 1.165) is 36.6 Å². The summed E-state index contributed by atoms with van der Waals surface area (Å²) in [4.78, 5) is 11.7. The zero-order valence-corrected chi connectivity index (χ0v) is 22.2. The number of hydrogen-bond acceptors (Lipinski definition) is 4. The highest BCUT2D eigenvalue weighted by Crippen LogP contribution is 2.68. The number of fused-ring (bicyclic) bond motifs is 5. The summed E-state index contributed by atoms with van der Waals surface area (Å²) in [5.41, 5.74) is 0.351. The Morgan fingerprint density at radius 2 is 1.91 bits per heavy atom. The number of alkyl halides is 1. The Hall–Kier alpha value is -0.130. The minimum Gasteiger partial charge on any atom is -0.469 e. The first-order valence-corrected chi connectivity index (χ1v) is 14.3. The van der Waals surface area contributed by atoms with Gasteiger partial charge in [-0.15, -0.1) is 0 Å². The van der Waals surface area contributed by atoms with Gasteiger partial charge in [0.2, 0.25) is 0 Å². The van der Waals surface area contributed by atoms with Gasteiger partial charge in [0.25, 0.3) is 0 Å². The van der Waals surface area contributed by atoms with Crippen LogP contribution >= 0.6 is 15.9 Å². The first kappa shape index (κ1) is 25.0. The van der Waals surface area contributed by atoms with Crippen molar-refractivity contribution in [3.8, 4) is 0 Å². The van der Waals surface area contributed by atoms with Crippen LogP contribution in [0.1, 0.15) is 85.0 Å². The maximum absolute atomic E-state index is 11.7. The molecule has 0 unspecified atom stereocenters. The predicted octanol–water partition coefficient (Wildman–Crippen LogP) is 5.99. The van der Waals surface area contributed by atoms with E-state index in [4.69, 9.17) is 9.47 Å². The molecule has 10 atom stereocenters. The van der Waals surface area contributed by atoms with Gasteiger partial charge in [-0.3, -0.25) is 4.79 Å². The summed E-state index contributed by atoms with van der Waals surface area (Å²) in [7, 11) is 1.48. The van der Waals surface area contributed by atoms with Crippen LogP contribution in [-0.4, -0.2) is 42.3 Å². The largest absolute Gasteiger partial charge is 0.469 e. The van der Waals surface area contributed by atoms with E-state index >= 15 is 0 Å². The van der Waals surface area contributed by atoms with Crippen LogP contribution in [0.3, 0.4) is 0 Å². The predicted molar refractivity (Wildman–Crippen MR) is 131 cm³/mol. The average molecular weight is 514 g/mol. The quantitative estimate of drug-likeness (QED) is 0.336. The Morgan fingerprint density at radius 3 is 2.62 bits per heavy atom. The van der Waals surface area contributed by atoms with Crippen LogP contribution < -0.4 is 0 Å². The fourth-order valence-corrected chi connectivity index (χ4v) is 9.34. The molecule has 0 aliphatic heterocycles. The van der Waals surface area contributed by atoms with Crippen molar-refractivity contribution in [2.45, 2.75) is 97.2 Å². The highest BCUT2D eigenvalue weighted by molar-refractivity contribution is 9.09. The van der Waals surface area contributed by atoms with Gasteiger partial charge in [-0.1, -0.05) is 36.7 Å². The Labute approximate surface area is 203 Å². The fraction of sp³-hybridized carbons (Fsp3) is 0.963. The molecular formula is C27H45BrO4. The third-order valence-electron chi connectivity index (χ3n) is 10.9. The molecule has 4 saturated carbocycles. The van der Waals surface area contributed by atoms with Crippen molar-refractivity contribution in [2.75, 3.05) is 19.0 Å². The number of aliphatic hydroxyl groups excluding tert-OH is 1. The zero-order chi connectivity index (χ0) is 23.1. The molecule has 0 aromatic rings. The number of carbonyl (C=O) groups excluding carboxylic acids is 1. The van der Waals surface area contributed by atoms with Crippen molar-refractivity contribution in [1.29, 1.82) is 0 Å². The molecule has 0 aromatic carbocycles. The molecule has 4 aliphatic rings. The standard InChI is InChI=1S/C27H45BrO4/c1-17(5-10-25(30)31-4)21-8-9-22-20-7-6-18-15-19(32-14-13-28)11-12-26(18,2)23(20)16-24(29)27(21,22)3/h17-24,29H,5-16H2,1-4H3/t17-,18-,19+,20+,21-,22+,23+,24+,26+,27-/m1/s1. The topological polar surface area (TPSA) is 55.8 Å². The molecule has 1 N–H and O–H groups in total. The zero-order valence-electron chi connectivity index (χ0n) is 20.7. The third-order valence-corrected chi connectivity index (χ3v) is 11.3. The summed E-state index contributed by atoms with van der Waals surface area (Å²) < 4.78 is 11.0. The number of halogens is 1. The van der Waals surface area contributed by atoms with Gasteiger partial charge in [-0.05, 0) is 104 Å².